The number of para-hydroxylation sites is 1. The summed E-state index contributed by atoms with van der Waals surface area (Å²) in [6.07, 6.45) is 4.40. The van der Waals surface area contributed by atoms with Crippen LogP contribution in [0.15, 0.2) is 42.5 Å². The van der Waals surface area contributed by atoms with Gasteiger partial charge in [0.15, 0.2) is 0 Å². The molecule has 5 heteroatoms. The van der Waals surface area contributed by atoms with E-state index in [2.05, 4.69) is 4.90 Å². The van der Waals surface area contributed by atoms with E-state index in [1.807, 2.05) is 24.3 Å². The fourth-order valence-corrected chi connectivity index (χ4v) is 4.38. The number of nitrogens with zero attached hydrogens (tertiary/aromatic N) is 2. The molecule has 4 nitrogen and oxygen atoms in total. The molecule has 5 rings (SSSR count). The van der Waals surface area contributed by atoms with Crippen LogP contribution in [0.25, 0.3) is 22.0 Å². The highest BCUT2D eigenvalue weighted by Crippen LogP contribution is 2.44. The average molecular weight is 361 g/mol. The van der Waals surface area contributed by atoms with Crippen LogP contribution in [0.2, 0.25) is 0 Å². The topological polar surface area (TPSA) is 59.2 Å². The number of anilines is 1. The number of halogens is 1. The van der Waals surface area contributed by atoms with E-state index in [4.69, 9.17) is 10.7 Å². The predicted octanol–water partition coefficient (Wildman–Crippen LogP) is 4.23. The molecule has 0 bridgehead atoms. The minimum Gasteiger partial charge on any atom is -0.398 e. The van der Waals surface area contributed by atoms with Gasteiger partial charge in [0, 0.05) is 40.4 Å². The van der Waals surface area contributed by atoms with Crippen LogP contribution >= 0.6 is 0 Å². The normalized spacial score (nSPS) is 19.8. The summed E-state index contributed by atoms with van der Waals surface area (Å²) < 4.78 is 14.4. The van der Waals surface area contributed by atoms with E-state index in [1.54, 1.807) is 12.1 Å². The van der Waals surface area contributed by atoms with Gasteiger partial charge in [-0.1, -0.05) is 42.8 Å². The van der Waals surface area contributed by atoms with Gasteiger partial charge < -0.3 is 10.5 Å². The fraction of sp³-hybridized carbons (Fsp3) is 0.273. The zero-order chi connectivity index (χ0) is 18.5. The first-order valence-electron chi connectivity index (χ1n) is 9.36. The minimum absolute atomic E-state index is 0.285. The molecule has 3 aromatic rings. The van der Waals surface area contributed by atoms with Gasteiger partial charge >= 0.3 is 0 Å². The molecule has 1 aromatic heterocycles. The molecule has 2 aliphatic rings. The van der Waals surface area contributed by atoms with Crippen LogP contribution in [0.1, 0.15) is 36.6 Å². The molecule has 136 valence electrons. The van der Waals surface area contributed by atoms with Crippen molar-refractivity contribution in [1.29, 1.82) is 0 Å². The number of carbonyl (C=O) groups is 1. The number of benzene rings is 2. The lowest BCUT2D eigenvalue weighted by Gasteiger charge is -2.36. The lowest BCUT2D eigenvalue weighted by atomic mass is 9.90. The molecule has 1 aliphatic heterocycles. The van der Waals surface area contributed by atoms with Gasteiger partial charge in [0.1, 0.15) is 12.1 Å². The van der Waals surface area contributed by atoms with Gasteiger partial charge in [0.25, 0.3) is 0 Å². The number of hydrogen-bond donors (Lipinski definition) is 1. The maximum atomic E-state index is 14.4. The zero-order valence-corrected chi connectivity index (χ0v) is 14.9. The SMILES string of the molecule is Nc1c2c(nc3c(-c4ccccc4F)cccc13)CN(C1CCC1)C2C=O. The van der Waals surface area contributed by atoms with Crippen molar-refractivity contribution in [3.63, 3.8) is 0 Å². The molecule has 27 heavy (non-hydrogen) atoms. The molecule has 2 aromatic carbocycles. The van der Waals surface area contributed by atoms with Crippen LogP contribution in [0, 0.1) is 5.82 Å². The molecule has 0 amide bonds. The lowest BCUT2D eigenvalue weighted by Crippen LogP contribution is -2.39. The van der Waals surface area contributed by atoms with Gasteiger partial charge in [-0.2, -0.15) is 0 Å². The maximum absolute atomic E-state index is 14.4. The molecule has 2 heterocycles. The standard InChI is InChI=1S/C22H20FN3O/c23-17-10-2-1-7-14(17)15-8-4-9-16-21(24)20-18(25-22(15)16)11-26(19(20)12-27)13-5-3-6-13/h1-2,4,7-10,12-13,19H,3,5-6,11H2,(H2,24,25). The highest BCUT2D eigenvalue weighted by atomic mass is 19.1. The van der Waals surface area contributed by atoms with E-state index in [0.29, 0.717) is 29.4 Å². The van der Waals surface area contributed by atoms with Gasteiger partial charge in [-0.15, -0.1) is 0 Å². The van der Waals surface area contributed by atoms with Gasteiger partial charge in [0.2, 0.25) is 0 Å². The van der Waals surface area contributed by atoms with Crippen molar-refractivity contribution in [2.24, 2.45) is 0 Å². The van der Waals surface area contributed by atoms with Crippen LogP contribution in [-0.4, -0.2) is 22.2 Å². The first-order valence-corrected chi connectivity index (χ1v) is 9.36. The van der Waals surface area contributed by atoms with Crippen LogP contribution in [0.3, 0.4) is 0 Å². The van der Waals surface area contributed by atoms with E-state index in [9.17, 15) is 9.18 Å². The molecular weight excluding hydrogens is 341 g/mol. The Labute approximate surface area is 156 Å². The number of nitrogens with two attached hydrogens (primary N) is 1. The number of aromatic nitrogens is 1. The summed E-state index contributed by atoms with van der Waals surface area (Å²) in [6, 6.07) is 12.4. The van der Waals surface area contributed by atoms with Crippen molar-refractivity contribution < 1.29 is 9.18 Å². The van der Waals surface area contributed by atoms with Crippen LogP contribution in [-0.2, 0) is 11.3 Å². The first-order chi connectivity index (χ1) is 13.2. The molecule has 1 unspecified atom stereocenters. The number of aldehydes is 1. The lowest BCUT2D eigenvalue weighted by molar-refractivity contribution is -0.113. The monoisotopic (exact) mass is 361 g/mol. The van der Waals surface area contributed by atoms with E-state index in [1.165, 1.54) is 12.5 Å². The Bertz CT molecular complexity index is 1060. The third-order valence-corrected chi connectivity index (χ3v) is 6.00. The molecule has 1 saturated carbocycles. The average Bonchev–Trinajstić information content (AvgIpc) is 2.99. The molecule has 0 radical (unpaired) electrons. The van der Waals surface area contributed by atoms with Gasteiger partial charge in [0.05, 0.1) is 17.3 Å². The zero-order valence-electron chi connectivity index (χ0n) is 14.9. The summed E-state index contributed by atoms with van der Waals surface area (Å²) in [6.45, 7) is 0.620. The van der Waals surface area contributed by atoms with Crippen molar-refractivity contribution >= 4 is 22.9 Å². The molecule has 2 N–H and O–H groups in total. The molecule has 0 spiro atoms. The van der Waals surface area contributed by atoms with Gasteiger partial charge in [-0.25, -0.2) is 4.39 Å². The Kier molecular flexibility index (Phi) is 3.72. The van der Waals surface area contributed by atoms with E-state index in [-0.39, 0.29) is 11.9 Å². The second-order valence-corrected chi connectivity index (χ2v) is 7.41. The predicted molar refractivity (Wildman–Crippen MR) is 104 cm³/mol. The second-order valence-electron chi connectivity index (χ2n) is 7.41. The Morgan fingerprint density at radius 3 is 2.59 bits per heavy atom. The van der Waals surface area contributed by atoms with E-state index >= 15 is 0 Å². The number of rotatable bonds is 3. The van der Waals surface area contributed by atoms with E-state index < -0.39 is 0 Å². The molecule has 1 atom stereocenters. The number of hydrogen-bond acceptors (Lipinski definition) is 4. The number of carbonyl (C=O) groups excluding carboxylic acids is 1. The van der Waals surface area contributed by atoms with Crippen LogP contribution < -0.4 is 5.73 Å². The van der Waals surface area contributed by atoms with Crippen molar-refractivity contribution in [3.8, 4) is 11.1 Å². The smallest absolute Gasteiger partial charge is 0.141 e. The molecule has 1 aliphatic carbocycles. The molecular formula is C22H20FN3O. The highest BCUT2D eigenvalue weighted by Gasteiger charge is 2.39. The van der Waals surface area contributed by atoms with Gasteiger partial charge in [-0.05, 0) is 18.9 Å². The Morgan fingerprint density at radius 1 is 1.11 bits per heavy atom. The largest absolute Gasteiger partial charge is 0.398 e. The third-order valence-electron chi connectivity index (χ3n) is 6.00. The quantitative estimate of drug-likeness (QED) is 0.709. The summed E-state index contributed by atoms with van der Waals surface area (Å²) in [5, 5.41) is 0.775. The van der Waals surface area contributed by atoms with E-state index in [0.717, 1.165) is 41.3 Å². The Morgan fingerprint density at radius 2 is 1.89 bits per heavy atom. The number of fused-ring (bicyclic) bond motifs is 2. The summed E-state index contributed by atoms with van der Waals surface area (Å²) in [7, 11) is 0. The maximum Gasteiger partial charge on any atom is 0.141 e. The van der Waals surface area contributed by atoms with Crippen molar-refractivity contribution in [3.05, 3.63) is 59.5 Å². The summed E-state index contributed by atoms with van der Waals surface area (Å²) in [5.74, 6) is -0.285. The van der Waals surface area contributed by atoms with Crippen LogP contribution in [0.5, 0.6) is 0 Å². The van der Waals surface area contributed by atoms with Gasteiger partial charge in [-0.3, -0.25) is 9.88 Å². The minimum atomic E-state index is -0.334. The van der Waals surface area contributed by atoms with Crippen molar-refractivity contribution in [1.82, 2.24) is 9.88 Å². The van der Waals surface area contributed by atoms with Crippen molar-refractivity contribution in [2.75, 3.05) is 5.73 Å². The summed E-state index contributed by atoms with van der Waals surface area (Å²) in [5.41, 5.74) is 10.7. The number of nitrogen functional groups attached to an aromatic ring is 1. The second kappa shape index (κ2) is 6.13. The molecule has 1 fully saturated rings. The first kappa shape index (κ1) is 16.4. The summed E-state index contributed by atoms with van der Waals surface area (Å²) in [4.78, 5) is 19.0. The number of pyridine rings is 1. The molecule has 0 saturated heterocycles. The summed E-state index contributed by atoms with van der Waals surface area (Å²) >= 11 is 0. The highest BCUT2D eigenvalue weighted by molar-refractivity contribution is 6.02. The fourth-order valence-electron chi connectivity index (χ4n) is 4.38. The Balaban J connectivity index is 1.72. The Hall–Kier alpha value is -2.79. The third kappa shape index (κ3) is 2.38. The van der Waals surface area contributed by atoms with Crippen LogP contribution in [0.4, 0.5) is 10.1 Å². The van der Waals surface area contributed by atoms with Crippen molar-refractivity contribution in [2.45, 2.75) is 37.9 Å².